The third kappa shape index (κ3) is 2.42. The molecule has 2 rings (SSSR count). The van der Waals surface area contributed by atoms with Crippen LogP contribution in [-0.2, 0) is 6.54 Å². The van der Waals surface area contributed by atoms with Gasteiger partial charge in [0.25, 0.3) is 0 Å². The van der Waals surface area contributed by atoms with E-state index in [4.69, 9.17) is 0 Å². The average molecular weight is 204 g/mol. The Morgan fingerprint density at radius 1 is 1.33 bits per heavy atom. The van der Waals surface area contributed by atoms with Crippen molar-refractivity contribution >= 4 is 0 Å². The van der Waals surface area contributed by atoms with Crippen LogP contribution in [0, 0.1) is 10.8 Å². The van der Waals surface area contributed by atoms with Gasteiger partial charge in [0, 0.05) is 19.6 Å². The van der Waals surface area contributed by atoms with E-state index in [0.29, 0.717) is 5.92 Å². The number of hydrogen-bond donors (Lipinski definition) is 0. The molecular weight excluding hydrogens is 188 g/mol. The maximum Gasteiger partial charge on any atom is 0.108 e. The lowest BCUT2D eigenvalue weighted by atomic mass is 10.1. The third-order valence-corrected chi connectivity index (χ3v) is 3.03. The number of nitroso groups, excluding NO2 is 1. The Balaban J connectivity index is 1.95. The van der Waals surface area contributed by atoms with Crippen molar-refractivity contribution in [1.29, 1.82) is 0 Å². The first-order chi connectivity index (χ1) is 7.29. The smallest absolute Gasteiger partial charge is 0.108 e. The van der Waals surface area contributed by atoms with Crippen molar-refractivity contribution < 1.29 is 0 Å². The average Bonchev–Trinajstić information content (AvgIpc) is 2.60. The van der Waals surface area contributed by atoms with Crippen molar-refractivity contribution in [2.24, 2.45) is 11.1 Å². The van der Waals surface area contributed by atoms with Gasteiger partial charge in [0.2, 0.25) is 0 Å². The van der Waals surface area contributed by atoms with Crippen LogP contribution in [0.5, 0.6) is 0 Å². The Hall–Kier alpha value is -1.22. The SMILES string of the molecule is CC1CN(Cc2ccccc2)CC1N=O. The number of hydrogen-bond acceptors (Lipinski definition) is 3. The zero-order valence-corrected chi connectivity index (χ0v) is 8.97. The van der Waals surface area contributed by atoms with E-state index in [0.717, 1.165) is 19.6 Å². The van der Waals surface area contributed by atoms with Crippen molar-refractivity contribution in [3.8, 4) is 0 Å². The molecule has 0 radical (unpaired) electrons. The van der Waals surface area contributed by atoms with E-state index in [-0.39, 0.29) is 6.04 Å². The standard InChI is InChI=1S/C12H16N2O/c1-10-7-14(9-12(10)13-15)8-11-5-3-2-4-6-11/h2-6,10,12H,7-9H2,1H3. The predicted molar refractivity (Wildman–Crippen MR) is 60.5 cm³/mol. The summed E-state index contributed by atoms with van der Waals surface area (Å²) >= 11 is 0. The summed E-state index contributed by atoms with van der Waals surface area (Å²) in [7, 11) is 0. The van der Waals surface area contributed by atoms with Crippen molar-refractivity contribution in [1.82, 2.24) is 4.90 Å². The molecule has 0 bridgehead atoms. The summed E-state index contributed by atoms with van der Waals surface area (Å²) < 4.78 is 0. The summed E-state index contributed by atoms with van der Waals surface area (Å²) in [5, 5.41) is 3.17. The van der Waals surface area contributed by atoms with Crippen LogP contribution in [0.15, 0.2) is 35.5 Å². The van der Waals surface area contributed by atoms with E-state index in [2.05, 4.69) is 29.1 Å². The summed E-state index contributed by atoms with van der Waals surface area (Å²) in [5.41, 5.74) is 1.30. The Labute approximate surface area is 90.1 Å². The van der Waals surface area contributed by atoms with Crippen molar-refractivity contribution in [3.05, 3.63) is 40.8 Å². The van der Waals surface area contributed by atoms with Crippen LogP contribution in [0.1, 0.15) is 12.5 Å². The van der Waals surface area contributed by atoms with Gasteiger partial charge in [0.1, 0.15) is 6.04 Å². The number of likely N-dealkylation sites (tertiary alicyclic amines) is 1. The first-order valence-electron chi connectivity index (χ1n) is 5.38. The fourth-order valence-corrected chi connectivity index (χ4v) is 2.16. The maximum absolute atomic E-state index is 10.5. The van der Waals surface area contributed by atoms with E-state index in [9.17, 15) is 4.91 Å². The largest absolute Gasteiger partial charge is 0.296 e. The van der Waals surface area contributed by atoms with Crippen LogP contribution in [0.2, 0.25) is 0 Å². The first kappa shape index (κ1) is 10.3. The highest BCUT2D eigenvalue weighted by molar-refractivity contribution is 5.14. The molecule has 0 saturated carbocycles. The number of nitrogens with zero attached hydrogens (tertiary/aromatic N) is 2. The van der Waals surface area contributed by atoms with Gasteiger partial charge >= 0.3 is 0 Å². The Morgan fingerprint density at radius 2 is 2.07 bits per heavy atom. The van der Waals surface area contributed by atoms with Crippen molar-refractivity contribution in [3.63, 3.8) is 0 Å². The van der Waals surface area contributed by atoms with Crippen LogP contribution in [0.3, 0.4) is 0 Å². The van der Waals surface area contributed by atoms with E-state index in [1.54, 1.807) is 0 Å². The van der Waals surface area contributed by atoms with E-state index in [1.807, 2.05) is 18.2 Å². The molecule has 3 heteroatoms. The molecular formula is C12H16N2O. The van der Waals surface area contributed by atoms with Gasteiger partial charge < -0.3 is 0 Å². The molecule has 1 aromatic carbocycles. The molecule has 0 N–H and O–H groups in total. The van der Waals surface area contributed by atoms with Crippen molar-refractivity contribution in [2.75, 3.05) is 13.1 Å². The molecule has 1 aromatic rings. The Kier molecular flexibility index (Phi) is 3.11. The third-order valence-electron chi connectivity index (χ3n) is 3.03. The zero-order valence-electron chi connectivity index (χ0n) is 8.97. The molecule has 2 atom stereocenters. The van der Waals surface area contributed by atoms with Crippen LogP contribution < -0.4 is 0 Å². The molecule has 0 aliphatic carbocycles. The summed E-state index contributed by atoms with van der Waals surface area (Å²) in [6.07, 6.45) is 0. The monoisotopic (exact) mass is 204 g/mol. The molecule has 0 aromatic heterocycles. The van der Waals surface area contributed by atoms with Gasteiger partial charge in [-0.3, -0.25) is 4.90 Å². The summed E-state index contributed by atoms with van der Waals surface area (Å²) in [5.74, 6) is 0.395. The lowest BCUT2D eigenvalue weighted by molar-refractivity contribution is 0.319. The lowest BCUT2D eigenvalue weighted by Gasteiger charge is -2.14. The molecule has 80 valence electrons. The minimum Gasteiger partial charge on any atom is -0.296 e. The quantitative estimate of drug-likeness (QED) is 0.707. The Morgan fingerprint density at radius 3 is 2.67 bits per heavy atom. The highest BCUT2D eigenvalue weighted by Crippen LogP contribution is 2.20. The van der Waals surface area contributed by atoms with Gasteiger partial charge in [-0.25, -0.2) is 0 Å². The number of rotatable bonds is 3. The van der Waals surface area contributed by atoms with Gasteiger partial charge in [-0.2, -0.15) is 4.91 Å². The first-order valence-corrected chi connectivity index (χ1v) is 5.38. The molecule has 15 heavy (non-hydrogen) atoms. The summed E-state index contributed by atoms with van der Waals surface area (Å²) in [6, 6.07) is 10.3. The van der Waals surface area contributed by atoms with Crippen LogP contribution in [0.4, 0.5) is 0 Å². The Bertz CT molecular complexity index is 326. The van der Waals surface area contributed by atoms with Gasteiger partial charge in [0.15, 0.2) is 0 Å². The molecule has 2 unspecified atom stereocenters. The second kappa shape index (κ2) is 4.53. The molecule has 0 spiro atoms. The highest BCUT2D eigenvalue weighted by Gasteiger charge is 2.30. The van der Waals surface area contributed by atoms with E-state index in [1.165, 1.54) is 5.56 Å². The molecule has 0 amide bonds. The maximum atomic E-state index is 10.5. The highest BCUT2D eigenvalue weighted by atomic mass is 16.3. The summed E-state index contributed by atoms with van der Waals surface area (Å²) in [4.78, 5) is 12.8. The topological polar surface area (TPSA) is 32.7 Å². The number of benzene rings is 1. The predicted octanol–water partition coefficient (Wildman–Crippen LogP) is 2.27. The van der Waals surface area contributed by atoms with Gasteiger partial charge in [-0.15, -0.1) is 0 Å². The lowest BCUT2D eigenvalue weighted by Crippen LogP contribution is -2.20. The molecule has 1 saturated heterocycles. The molecule has 1 aliphatic rings. The molecule has 1 fully saturated rings. The fourth-order valence-electron chi connectivity index (χ4n) is 2.16. The van der Waals surface area contributed by atoms with Crippen LogP contribution in [-0.4, -0.2) is 24.0 Å². The molecule has 3 nitrogen and oxygen atoms in total. The van der Waals surface area contributed by atoms with Gasteiger partial charge in [-0.1, -0.05) is 42.4 Å². The molecule has 1 aliphatic heterocycles. The van der Waals surface area contributed by atoms with Crippen molar-refractivity contribution in [2.45, 2.75) is 19.5 Å². The molecule has 1 heterocycles. The second-order valence-electron chi connectivity index (χ2n) is 4.33. The van der Waals surface area contributed by atoms with Crippen LogP contribution in [0.25, 0.3) is 0 Å². The fraction of sp³-hybridized carbons (Fsp3) is 0.500. The van der Waals surface area contributed by atoms with Gasteiger partial charge in [-0.05, 0) is 11.5 Å². The van der Waals surface area contributed by atoms with E-state index >= 15 is 0 Å². The van der Waals surface area contributed by atoms with Crippen LogP contribution >= 0.6 is 0 Å². The zero-order chi connectivity index (χ0) is 10.7. The van der Waals surface area contributed by atoms with Gasteiger partial charge in [0.05, 0.1) is 0 Å². The summed E-state index contributed by atoms with van der Waals surface area (Å²) in [6.45, 7) is 4.80. The second-order valence-corrected chi connectivity index (χ2v) is 4.33. The van der Waals surface area contributed by atoms with E-state index < -0.39 is 0 Å². The minimum absolute atomic E-state index is 0.0197. The minimum atomic E-state index is -0.0197. The normalized spacial score (nSPS) is 26.7.